The lowest BCUT2D eigenvalue weighted by Gasteiger charge is -2.26. The van der Waals surface area contributed by atoms with Crippen LogP contribution < -0.4 is 15.0 Å². The van der Waals surface area contributed by atoms with E-state index in [1.165, 1.54) is 18.3 Å². The first-order valence-corrected chi connectivity index (χ1v) is 13.0. The molecule has 1 saturated heterocycles. The molecule has 1 aliphatic heterocycles. The van der Waals surface area contributed by atoms with Crippen LogP contribution in [0.1, 0.15) is 12.5 Å². The number of hydrogen-bond donors (Lipinski definition) is 0. The number of rotatable bonds is 9. The number of nitro groups is 1. The Morgan fingerprint density at radius 3 is 2.56 bits per heavy atom. The van der Waals surface area contributed by atoms with Crippen molar-refractivity contribution in [2.24, 2.45) is 5.10 Å². The molecular weight excluding hydrogens is 530 g/mol. The molecule has 0 aliphatic carbocycles. The number of fused-ring (bicyclic) bond motifs is 1. The number of aromatic nitrogens is 2. The van der Waals surface area contributed by atoms with E-state index < -0.39 is 22.8 Å². The molecule has 12 heteroatoms. The number of carbonyl (C=O) groups is 1. The summed E-state index contributed by atoms with van der Waals surface area (Å²) in [5.74, 6) is -0.0886. The van der Waals surface area contributed by atoms with Gasteiger partial charge in [-0.3, -0.25) is 19.7 Å². The lowest BCUT2D eigenvalue weighted by atomic mass is 10.1. The Morgan fingerprint density at radius 2 is 1.83 bits per heavy atom. The van der Waals surface area contributed by atoms with Gasteiger partial charge in [-0.25, -0.2) is 4.98 Å². The van der Waals surface area contributed by atoms with E-state index >= 15 is 0 Å². The van der Waals surface area contributed by atoms with Crippen molar-refractivity contribution in [3.63, 3.8) is 0 Å². The maximum Gasteiger partial charge on any atom is 0.315 e. The monoisotopic (exact) mass is 557 g/mol. The molecule has 210 valence electrons. The van der Waals surface area contributed by atoms with E-state index in [0.29, 0.717) is 48.6 Å². The summed E-state index contributed by atoms with van der Waals surface area (Å²) >= 11 is 0. The Hall–Kier alpha value is -5.10. The van der Waals surface area contributed by atoms with Gasteiger partial charge in [-0.1, -0.05) is 42.5 Å². The quantitative estimate of drug-likeness (QED) is 0.173. The predicted octanol–water partition coefficient (Wildman–Crippen LogP) is 3.49. The van der Waals surface area contributed by atoms with Gasteiger partial charge in [-0.2, -0.15) is 9.78 Å². The van der Waals surface area contributed by atoms with Crippen LogP contribution in [0.3, 0.4) is 0 Å². The molecule has 0 atom stereocenters. The summed E-state index contributed by atoms with van der Waals surface area (Å²) in [7, 11) is 0. The topological polar surface area (TPSA) is 138 Å². The number of hydrogen-bond acceptors (Lipinski definition) is 9. The lowest BCUT2D eigenvalue weighted by Crippen LogP contribution is -2.43. The Kier molecular flexibility index (Phi) is 8.30. The zero-order valence-corrected chi connectivity index (χ0v) is 22.3. The second-order valence-corrected chi connectivity index (χ2v) is 9.02. The van der Waals surface area contributed by atoms with Crippen LogP contribution in [0.4, 0.5) is 5.69 Å². The highest BCUT2D eigenvalue weighted by Gasteiger charge is 2.25. The van der Waals surface area contributed by atoms with Crippen molar-refractivity contribution in [2.75, 3.05) is 39.5 Å². The first-order valence-electron chi connectivity index (χ1n) is 13.0. The van der Waals surface area contributed by atoms with Gasteiger partial charge >= 0.3 is 5.69 Å². The number of benzene rings is 3. The molecule has 1 aliphatic rings. The van der Waals surface area contributed by atoms with Crippen molar-refractivity contribution in [3.8, 4) is 22.9 Å². The fourth-order valence-electron chi connectivity index (χ4n) is 4.39. The Balaban J connectivity index is 1.53. The Bertz CT molecular complexity index is 1660. The van der Waals surface area contributed by atoms with Crippen LogP contribution >= 0.6 is 0 Å². The first-order chi connectivity index (χ1) is 20.0. The zero-order chi connectivity index (χ0) is 28.8. The number of para-hydroxylation sites is 1. The van der Waals surface area contributed by atoms with E-state index in [2.05, 4.69) is 10.1 Å². The summed E-state index contributed by atoms with van der Waals surface area (Å²) in [4.78, 5) is 43.7. The molecule has 0 bridgehead atoms. The summed E-state index contributed by atoms with van der Waals surface area (Å²) in [6.45, 7) is 3.21. The van der Waals surface area contributed by atoms with Crippen molar-refractivity contribution in [1.29, 1.82) is 0 Å². The van der Waals surface area contributed by atoms with Crippen molar-refractivity contribution < 1.29 is 23.9 Å². The van der Waals surface area contributed by atoms with Crippen LogP contribution in [-0.4, -0.2) is 71.1 Å². The molecule has 4 aromatic rings. The third-order valence-corrected chi connectivity index (χ3v) is 6.37. The molecule has 0 spiro atoms. The molecule has 0 unspecified atom stereocenters. The fraction of sp³-hybridized carbons (Fsp3) is 0.241. The van der Waals surface area contributed by atoms with Crippen LogP contribution in [0, 0.1) is 10.1 Å². The zero-order valence-electron chi connectivity index (χ0n) is 22.3. The average molecular weight is 558 g/mol. The van der Waals surface area contributed by atoms with E-state index in [1.807, 2.05) is 30.3 Å². The van der Waals surface area contributed by atoms with E-state index in [9.17, 15) is 19.7 Å². The van der Waals surface area contributed by atoms with Crippen molar-refractivity contribution >= 4 is 28.7 Å². The van der Waals surface area contributed by atoms with E-state index in [1.54, 1.807) is 36.1 Å². The third-order valence-electron chi connectivity index (χ3n) is 6.37. The highest BCUT2D eigenvalue weighted by atomic mass is 16.6. The Morgan fingerprint density at radius 1 is 1.10 bits per heavy atom. The average Bonchev–Trinajstić information content (AvgIpc) is 3.00. The van der Waals surface area contributed by atoms with Crippen molar-refractivity contribution in [1.82, 2.24) is 14.6 Å². The molecule has 5 rings (SSSR count). The van der Waals surface area contributed by atoms with Gasteiger partial charge in [0, 0.05) is 30.3 Å². The number of amides is 1. The maximum absolute atomic E-state index is 13.4. The summed E-state index contributed by atoms with van der Waals surface area (Å²) < 4.78 is 17.7. The van der Waals surface area contributed by atoms with Crippen LogP contribution in [0.15, 0.2) is 76.6 Å². The second kappa shape index (κ2) is 12.4. The molecule has 12 nitrogen and oxygen atoms in total. The number of morpholine rings is 1. The highest BCUT2D eigenvalue weighted by Crippen LogP contribution is 2.38. The van der Waals surface area contributed by atoms with Gasteiger partial charge in [0.05, 0.1) is 41.9 Å². The van der Waals surface area contributed by atoms with Crippen LogP contribution in [0.5, 0.6) is 11.5 Å². The summed E-state index contributed by atoms with van der Waals surface area (Å²) in [6, 6.07) is 18.8. The van der Waals surface area contributed by atoms with Crippen molar-refractivity contribution in [3.05, 3.63) is 92.8 Å². The number of nitro benzene ring substituents is 1. The van der Waals surface area contributed by atoms with Gasteiger partial charge in [0.2, 0.25) is 5.75 Å². The molecule has 41 heavy (non-hydrogen) atoms. The molecule has 0 radical (unpaired) electrons. The molecule has 1 amide bonds. The minimum atomic E-state index is -0.618. The molecule has 2 heterocycles. The van der Waals surface area contributed by atoms with E-state index in [0.717, 1.165) is 4.68 Å². The smallest absolute Gasteiger partial charge is 0.315 e. The SMILES string of the molecule is CCOc1cc(C=Nn2c(-c3ccccc3)nc3ccccc3c2=O)cc([N+](=O)[O-])c1OCC(=O)N1CCOCC1. The van der Waals surface area contributed by atoms with Gasteiger partial charge in [-0.15, -0.1) is 0 Å². The van der Waals surface area contributed by atoms with Gasteiger partial charge in [0.25, 0.3) is 11.5 Å². The Labute approximate surface area is 234 Å². The molecule has 0 N–H and O–H groups in total. The summed E-state index contributed by atoms with van der Waals surface area (Å²) in [5.41, 5.74) is 0.671. The molecular formula is C29H27N5O7. The normalized spacial score (nSPS) is 13.4. The molecule has 3 aromatic carbocycles. The lowest BCUT2D eigenvalue weighted by molar-refractivity contribution is -0.385. The number of ether oxygens (including phenoxy) is 3. The third kappa shape index (κ3) is 6.07. The number of nitrogens with zero attached hydrogens (tertiary/aromatic N) is 5. The summed E-state index contributed by atoms with van der Waals surface area (Å²) in [5, 5.41) is 16.8. The van der Waals surface area contributed by atoms with E-state index in [4.69, 9.17) is 14.2 Å². The van der Waals surface area contributed by atoms with Crippen molar-refractivity contribution in [2.45, 2.75) is 6.92 Å². The van der Waals surface area contributed by atoms with Crippen LogP contribution in [-0.2, 0) is 9.53 Å². The summed E-state index contributed by atoms with van der Waals surface area (Å²) in [6.07, 6.45) is 1.32. The minimum Gasteiger partial charge on any atom is -0.490 e. The van der Waals surface area contributed by atoms with Crippen LogP contribution in [0.25, 0.3) is 22.3 Å². The molecule has 0 saturated carbocycles. The fourth-order valence-corrected chi connectivity index (χ4v) is 4.39. The molecule has 1 fully saturated rings. The molecule has 1 aromatic heterocycles. The highest BCUT2D eigenvalue weighted by molar-refractivity contribution is 5.85. The first kappa shape index (κ1) is 27.5. The maximum atomic E-state index is 13.4. The number of carbonyl (C=O) groups excluding carboxylic acids is 1. The van der Waals surface area contributed by atoms with Gasteiger partial charge in [0.1, 0.15) is 0 Å². The van der Waals surface area contributed by atoms with Crippen LogP contribution in [0.2, 0.25) is 0 Å². The standard InChI is InChI=1S/C29H27N5O7/c1-2-40-25-17-20(16-24(34(37)38)27(25)41-19-26(35)32-12-14-39-15-13-32)18-30-33-28(21-8-4-3-5-9-21)31-23-11-7-6-10-22(23)29(33)36/h3-11,16-18H,2,12-15,19H2,1H3. The minimum absolute atomic E-state index is 0.0743. The van der Waals surface area contributed by atoms with Gasteiger partial charge in [-0.05, 0) is 25.1 Å². The largest absolute Gasteiger partial charge is 0.490 e. The van der Waals surface area contributed by atoms with E-state index in [-0.39, 0.29) is 29.6 Å². The predicted molar refractivity (Wildman–Crippen MR) is 152 cm³/mol. The second-order valence-electron chi connectivity index (χ2n) is 9.02. The van der Waals surface area contributed by atoms with Gasteiger partial charge in [0.15, 0.2) is 18.2 Å². The van der Waals surface area contributed by atoms with Gasteiger partial charge < -0.3 is 19.1 Å².